The number of halogens is 3. The molecule has 1 N–H and O–H groups in total. The molecule has 0 aliphatic rings. The SMILES string of the molecule is CC(C)=O.CCc1cc(Cl)cc(OC)c1-c1c(O)cc(C)oc1=O.CCc1cc(Cl)cc(OC)c1C(=C=O)C(=O)Cl. The van der Waals surface area contributed by atoms with Crippen LogP contribution in [0.5, 0.6) is 17.2 Å². The Balaban J connectivity index is 0.000000367. The molecule has 0 fully saturated rings. The molecule has 0 radical (unpaired) electrons. The molecule has 8 nitrogen and oxygen atoms in total. The van der Waals surface area contributed by atoms with E-state index in [9.17, 15) is 24.3 Å². The van der Waals surface area contributed by atoms with Crippen molar-refractivity contribution in [3.05, 3.63) is 73.2 Å². The van der Waals surface area contributed by atoms with Crippen molar-refractivity contribution in [1.29, 1.82) is 0 Å². The molecular formula is C30H31Cl3O8. The van der Waals surface area contributed by atoms with Gasteiger partial charge < -0.3 is 23.8 Å². The zero-order valence-electron chi connectivity index (χ0n) is 23.7. The van der Waals surface area contributed by atoms with Crippen molar-refractivity contribution < 1.29 is 33.4 Å². The third-order valence-corrected chi connectivity index (χ3v) is 5.98. The first-order valence-electron chi connectivity index (χ1n) is 12.2. The Bertz CT molecular complexity index is 1460. The molecule has 11 heteroatoms. The number of Topliss-reactive ketones (excluding diaryl/α,β-unsaturated/α-hetero) is 1. The van der Waals surface area contributed by atoms with E-state index in [0.29, 0.717) is 56.8 Å². The molecule has 1 heterocycles. The molecule has 0 saturated heterocycles. The van der Waals surface area contributed by atoms with E-state index in [1.54, 1.807) is 31.1 Å². The minimum absolute atomic E-state index is 0.0981. The predicted molar refractivity (Wildman–Crippen MR) is 161 cm³/mol. The van der Waals surface area contributed by atoms with E-state index in [0.717, 1.165) is 5.56 Å². The van der Waals surface area contributed by atoms with E-state index in [-0.39, 0.29) is 22.7 Å². The van der Waals surface area contributed by atoms with Gasteiger partial charge in [0.2, 0.25) is 0 Å². The Morgan fingerprint density at radius 2 is 1.39 bits per heavy atom. The Labute approximate surface area is 253 Å². The lowest BCUT2D eigenvalue weighted by atomic mass is 9.97. The van der Waals surface area contributed by atoms with E-state index in [1.807, 2.05) is 13.8 Å². The number of methoxy groups -OCH3 is 2. The molecule has 41 heavy (non-hydrogen) atoms. The fourth-order valence-electron chi connectivity index (χ4n) is 3.73. The van der Waals surface area contributed by atoms with Gasteiger partial charge in [-0.3, -0.25) is 4.79 Å². The van der Waals surface area contributed by atoms with Crippen molar-refractivity contribution in [3.8, 4) is 28.4 Å². The monoisotopic (exact) mass is 624 g/mol. The highest BCUT2D eigenvalue weighted by Gasteiger charge is 2.21. The lowest BCUT2D eigenvalue weighted by Gasteiger charge is -2.14. The molecule has 0 bridgehead atoms. The van der Waals surface area contributed by atoms with Gasteiger partial charge >= 0.3 is 5.63 Å². The van der Waals surface area contributed by atoms with Gasteiger partial charge in [0.05, 0.1) is 14.2 Å². The van der Waals surface area contributed by atoms with Crippen LogP contribution in [-0.4, -0.2) is 36.3 Å². The smallest absolute Gasteiger partial charge is 0.347 e. The van der Waals surface area contributed by atoms with Crippen LogP contribution < -0.4 is 15.1 Å². The van der Waals surface area contributed by atoms with Crippen LogP contribution in [0.2, 0.25) is 10.0 Å². The highest BCUT2D eigenvalue weighted by atomic mass is 35.5. The Hall–Kier alpha value is -3.55. The minimum Gasteiger partial charge on any atom is -0.507 e. The fraction of sp³-hybridized carbons (Fsp3) is 0.300. The van der Waals surface area contributed by atoms with Gasteiger partial charge in [0, 0.05) is 27.2 Å². The maximum absolute atomic E-state index is 12.1. The summed E-state index contributed by atoms with van der Waals surface area (Å²) in [6.45, 7) is 8.46. The van der Waals surface area contributed by atoms with Crippen molar-refractivity contribution in [1.82, 2.24) is 0 Å². The fourth-order valence-corrected chi connectivity index (χ4v) is 4.33. The second-order valence-corrected chi connectivity index (χ2v) is 9.77. The number of hydrogen-bond donors (Lipinski definition) is 1. The number of allylic oxidation sites excluding steroid dienone is 1. The van der Waals surface area contributed by atoms with Crippen LogP contribution in [0.3, 0.4) is 0 Å². The topological polar surface area (TPSA) is 120 Å². The number of carbonyl (C=O) groups excluding carboxylic acids is 3. The van der Waals surface area contributed by atoms with Crippen molar-refractivity contribution in [2.45, 2.75) is 47.5 Å². The molecule has 220 valence electrons. The molecule has 0 unspecified atom stereocenters. The Kier molecular flexibility index (Phi) is 14.4. The molecule has 3 aromatic rings. The number of aromatic hydroxyl groups is 1. The first-order chi connectivity index (χ1) is 19.2. The summed E-state index contributed by atoms with van der Waals surface area (Å²) in [5.41, 5.74) is 1.65. The minimum atomic E-state index is -0.865. The highest BCUT2D eigenvalue weighted by molar-refractivity contribution is 6.76. The van der Waals surface area contributed by atoms with Crippen LogP contribution in [0.15, 0.2) is 39.5 Å². The molecular weight excluding hydrogens is 595 g/mol. The zero-order valence-corrected chi connectivity index (χ0v) is 26.0. The number of rotatable bonds is 7. The third kappa shape index (κ3) is 9.80. The molecule has 3 rings (SSSR count). The van der Waals surface area contributed by atoms with E-state index < -0.39 is 10.9 Å². The van der Waals surface area contributed by atoms with Crippen molar-refractivity contribution in [2.75, 3.05) is 14.2 Å². The van der Waals surface area contributed by atoms with E-state index >= 15 is 0 Å². The van der Waals surface area contributed by atoms with Gasteiger partial charge in [0.25, 0.3) is 5.24 Å². The third-order valence-electron chi connectivity index (χ3n) is 5.35. The first kappa shape index (κ1) is 35.5. The van der Waals surface area contributed by atoms with Crippen LogP contribution in [0.1, 0.15) is 50.1 Å². The number of benzene rings is 2. The number of ketones is 1. The van der Waals surface area contributed by atoms with Gasteiger partial charge in [-0.15, -0.1) is 0 Å². The summed E-state index contributed by atoms with van der Waals surface area (Å²) < 4.78 is 15.5. The Morgan fingerprint density at radius 3 is 1.80 bits per heavy atom. The van der Waals surface area contributed by atoms with E-state index in [1.165, 1.54) is 40.2 Å². The van der Waals surface area contributed by atoms with E-state index in [4.69, 9.17) is 48.7 Å². The average Bonchev–Trinajstić information content (AvgIpc) is 2.89. The van der Waals surface area contributed by atoms with Gasteiger partial charge in [-0.05, 0) is 80.6 Å². The van der Waals surface area contributed by atoms with Crippen LogP contribution in [-0.2, 0) is 27.2 Å². The van der Waals surface area contributed by atoms with E-state index in [2.05, 4.69) is 0 Å². The second-order valence-electron chi connectivity index (χ2n) is 8.56. The van der Waals surface area contributed by atoms with Crippen LogP contribution >= 0.6 is 34.8 Å². The van der Waals surface area contributed by atoms with Crippen LogP contribution in [0.25, 0.3) is 16.7 Å². The lowest BCUT2D eigenvalue weighted by Crippen LogP contribution is -2.07. The molecule has 0 amide bonds. The lowest BCUT2D eigenvalue weighted by molar-refractivity contribution is -0.115. The first-order valence-corrected chi connectivity index (χ1v) is 13.4. The summed E-state index contributed by atoms with van der Waals surface area (Å²) in [6.07, 6.45) is 1.22. The number of carbonyl (C=O) groups is 2. The molecule has 0 aliphatic heterocycles. The molecule has 0 saturated carbocycles. The summed E-state index contributed by atoms with van der Waals surface area (Å²) in [5, 5.41) is 10.2. The van der Waals surface area contributed by atoms with Gasteiger partial charge in [-0.2, -0.15) is 0 Å². The van der Waals surface area contributed by atoms with Gasteiger partial charge in [-0.25, -0.2) is 9.59 Å². The van der Waals surface area contributed by atoms with Crippen molar-refractivity contribution >= 4 is 57.3 Å². The standard InChI is InChI=1S/C15H15ClO4.C12H10Cl2O3.C3H6O/c1-4-9-6-10(16)7-12(19-3)13(9)14-11(17)5-8(2)20-15(14)18;1-3-7-4-8(13)5-10(17-2)11(7)9(6-15)12(14)16;1-3(2)4/h5-7,17H,4H2,1-3H3;4-5H,3H2,1-2H3;1-2H3. The van der Waals surface area contributed by atoms with Gasteiger partial charge in [0.1, 0.15) is 45.9 Å². The van der Waals surface area contributed by atoms with Crippen molar-refractivity contribution in [3.63, 3.8) is 0 Å². The zero-order chi connectivity index (χ0) is 31.4. The van der Waals surface area contributed by atoms with Crippen molar-refractivity contribution in [2.24, 2.45) is 0 Å². The maximum Gasteiger partial charge on any atom is 0.347 e. The number of hydrogen-bond acceptors (Lipinski definition) is 8. The van der Waals surface area contributed by atoms with Gasteiger partial charge in [0.15, 0.2) is 0 Å². The average molecular weight is 626 g/mol. The molecule has 0 aliphatic carbocycles. The number of aryl methyl sites for hydroxylation is 3. The summed E-state index contributed by atoms with van der Waals surface area (Å²) in [6, 6.07) is 7.95. The normalized spacial score (nSPS) is 9.80. The second kappa shape index (κ2) is 16.7. The molecule has 0 spiro atoms. The largest absolute Gasteiger partial charge is 0.507 e. The van der Waals surface area contributed by atoms with Gasteiger partial charge in [-0.1, -0.05) is 37.0 Å². The summed E-state index contributed by atoms with van der Waals surface area (Å²) >= 11 is 17.3. The highest BCUT2D eigenvalue weighted by Crippen LogP contribution is 2.39. The Morgan fingerprint density at radius 1 is 0.902 bits per heavy atom. The predicted octanol–water partition coefficient (Wildman–Crippen LogP) is 7.03. The van der Waals surface area contributed by atoms with Crippen LogP contribution in [0, 0.1) is 6.92 Å². The summed E-state index contributed by atoms with van der Waals surface area (Å²) in [4.78, 5) is 43.5. The van der Waals surface area contributed by atoms with Crippen LogP contribution in [0.4, 0.5) is 0 Å². The molecule has 1 aromatic heterocycles. The maximum atomic E-state index is 12.1. The quantitative estimate of drug-likeness (QED) is 0.169. The molecule has 2 aromatic carbocycles. The molecule has 0 atom stereocenters. The summed E-state index contributed by atoms with van der Waals surface area (Å²) in [5.74, 6) is 2.70. The summed E-state index contributed by atoms with van der Waals surface area (Å²) in [7, 11) is 2.91. The number of ether oxygens (including phenoxy) is 2.